The monoisotopic (exact) mass is 402 g/mol. The number of anilines is 1. The van der Waals surface area contributed by atoms with Crippen molar-refractivity contribution in [1.29, 1.82) is 0 Å². The van der Waals surface area contributed by atoms with Crippen LogP contribution in [-0.4, -0.2) is 40.8 Å². The van der Waals surface area contributed by atoms with Crippen molar-refractivity contribution in [2.24, 2.45) is 5.92 Å². The number of amides is 2. The number of carbonyl (C=O) groups excluding carboxylic acids is 1. The SMILES string of the molecule is O=C(Nc1ccccc1F)N1CCCC1c1nc(CCOCC2CCCC2)no1. The average Bonchev–Trinajstić information content (AvgIpc) is 3.47. The fourth-order valence-electron chi connectivity index (χ4n) is 4.11. The highest BCUT2D eigenvalue weighted by Crippen LogP contribution is 2.31. The number of aromatic nitrogens is 2. The molecule has 156 valence electrons. The van der Waals surface area contributed by atoms with E-state index in [1.54, 1.807) is 17.0 Å². The normalized spacial score (nSPS) is 19.8. The number of nitrogens with zero attached hydrogens (tertiary/aromatic N) is 3. The minimum absolute atomic E-state index is 0.161. The first-order chi connectivity index (χ1) is 14.2. The highest BCUT2D eigenvalue weighted by Gasteiger charge is 2.34. The van der Waals surface area contributed by atoms with E-state index in [-0.39, 0.29) is 17.8 Å². The van der Waals surface area contributed by atoms with Crippen LogP contribution < -0.4 is 5.32 Å². The number of urea groups is 1. The number of halogens is 1. The number of likely N-dealkylation sites (tertiary alicyclic amines) is 1. The van der Waals surface area contributed by atoms with Gasteiger partial charge in [0.15, 0.2) is 5.82 Å². The predicted octanol–water partition coefficient (Wildman–Crippen LogP) is 4.33. The Morgan fingerprint density at radius 1 is 1.24 bits per heavy atom. The van der Waals surface area contributed by atoms with Crippen LogP contribution in [0, 0.1) is 11.7 Å². The van der Waals surface area contributed by atoms with Crippen molar-refractivity contribution in [3.8, 4) is 0 Å². The van der Waals surface area contributed by atoms with Crippen LogP contribution in [0.1, 0.15) is 56.3 Å². The van der Waals surface area contributed by atoms with Gasteiger partial charge in [-0.25, -0.2) is 9.18 Å². The minimum Gasteiger partial charge on any atom is -0.381 e. The molecule has 1 saturated carbocycles. The number of ether oxygens (including phenoxy) is 1. The van der Waals surface area contributed by atoms with Crippen LogP contribution in [0.5, 0.6) is 0 Å². The zero-order valence-corrected chi connectivity index (χ0v) is 16.5. The number of carbonyl (C=O) groups is 1. The molecule has 2 heterocycles. The topological polar surface area (TPSA) is 80.5 Å². The van der Waals surface area contributed by atoms with Crippen molar-refractivity contribution in [1.82, 2.24) is 15.0 Å². The molecule has 4 rings (SSSR count). The Kier molecular flexibility index (Phi) is 6.39. The van der Waals surface area contributed by atoms with Crippen molar-refractivity contribution in [2.45, 2.75) is 51.0 Å². The second kappa shape index (κ2) is 9.35. The fraction of sp³-hybridized carbons (Fsp3) is 0.571. The van der Waals surface area contributed by atoms with Crippen LogP contribution in [0.2, 0.25) is 0 Å². The van der Waals surface area contributed by atoms with Crippen molar-refractivity contribution < 1.29 is 18.4 Å². The van der Waals surface area contributed by atoms with Gasteiger partial charge in [-0.3, -0.25) is 0 Å². The molecule has 1 atom stereocenters. The zero-order valence-electron chi connectivity index (χ0n) is 16.5. The summed E-state index contributed by atoms with van der Waals surface area (Å²) in [6.07, 6.45) is 7.30. The summed E-state index contributed by atoms with van der Waals surface area (Å²) in [7, 11) is 0. The maximum Gasteiger partial charge on any atom is 0.322 e. The van der Waals surface area contributed by atoms with E-state index in [1.165, 1.54) is 37.8 Å². The van der Waals surface area contributed by atoms with Gasteiger partial charge in [-0.2, -0.15) is 4.98 Å². The smallest absolute Gasteiger partial charge is 0.322 e. The van der Waals surface area contributed by atoms with E-state index < -0.39 is 5.82 Å². The van der Waals surface area contributed by atoms with Gasteiger partial charge in [-0.1, -0.05) is 30.1 Å². The molecule has 2 amide bonds. The molecule has 2 fully saturated rings. The van der Waals surface area contributed by atoms with Crippen LogP contribution in [0.15, 0.2) is 28.8 Å². The van der Waals surface area contributed by atoms with E-state index in [1.807, 2.05) is 0 Å². The summed E-state index contributed by atoms with van der Waals surface area (Å²) in [6, 6.07) is 5.46. The quantitative estimate of drug-likeness (QED) is 0.698. The molecule has 2 aromatic rings. The van der Waals surface area contributed by atoms with Crippen LogP contribution in [0.4, 0.5) is 14.9 Å². The van der Waals surface area contributed by atoms with Crippen LogP contribution in [-0.2, 0) is 11.2 Å². The van der Waals surface area contributed by atoms with Crippen molar-refractivity contribution in [3.63, 3.8) is 0 Å². The van der Waals surface area contributed by atoms with Gasteiger partial charge in [0, 0.05) is 19.6 Å². The second-order valence-electron chi connectivity index (χ2n) is 7.79. The van der Waals surface area contributed by atoms with Crippen molar-refractivity contribution >= 4 is 11.7 Å². The first-order valence-electron chi connectivity index (χ1n) is 10.4. The number of hydrogen-bond acceptors (Lipinski definition) is 5. The highest BCUT2D eigenvalue weighted by atomic mass is 19.1. The largest absolute Gasteiger partial charge is 0.381 e. The number of benzene rings is 1. The molecule has 1 aromatic carbocycles. The Morgan fingerprint density at radius 3 is 2.90 bits per heavy atom. The third-order valence-corrected chi connectivity index (χ3v) is 5.70. The lowest BCUT2D eigenvalue weighted by atomic mass is 10.1. The Labute approximate surface area is 169 Å². The molecule has 8 heteroatoms. The van der Waals surface area contributed by atoms with Crippen molar-refractivity contribution in [2.75, 3.05) is 25.1 Å². The molecule has 1 aliphatic heterocycles. The third kappa shape index (κ3) is 4.93. The zero-order chi connectivity index (χ0) is 20.1. The third-order valence-electron chi connectivity index (χ3n) is 5.70. The standard InChI is InChI=1S/C21H27FN4O3/c22-16-8-3-4-9-17(16)23-21(27)26-12-5-10-18(26)20-24-19(25-29-20)11-13-28-14-15-6-1-2-7-15/h3-4,8-9,15,18H,1-2,5-7,10-14H2,(H,23,27). The molecule has 1 saturated heterocycles. The van der Waals surface area contributed by atoms with Gasteiger partial charge in [0.25, 0.3) is 0 Å². The number of nitrogens with one attached hydrogen (secondary N) is 1. The Morgan fingerprint density at radius 2 is 2.07 bits per heavy atom. The van der Waals surface area contributed by atoms with Crippen LogP contribution in [0.25, 0.3) is 0 Å². The first kappa shape index (κ1) is 19.8. The highest BCUT2D eigenvalue weighted by molar-refractivity contribution is 5.89. The van der Waals surface area contributed by atoms with E-state index in [0.29, 0.717) is 37.2 Å². The summed E-state index contributed by atoms with van der Waals surface area (Å²) in [4.78, 5) is 18.7. The van der Waals surface area contributed by atoms with Gasteiger partial charge in [0.1, 0.15) is 11.9 Å². The van der Waals surface area contributed by atoms with Gasteiger partial charge in [0.05, 0.1) is 12.3 Å². The molecule has 1 aromatic heterocycles. The summed E-state index contributed by atoms with van der Waals surface area (Å²) in [5.74, 6) is 1.25. The van der Waals surface area contributed by atoms with E-state index in [2.05, 4.69) is 15.5 Å². The van der Waals surface area contributed by atoms with Crippen LogP contribution in [0.3, 0.4) is 0 Å². The summed E-state index contributed by atoms with van der Waals surface area (Å²) < 4.78 is 25.0. The fourth-order valence-corrected chi connectivity index (χ4v) is 4.11. The van der Waals surface area contributed by atoms with Gasteiger partial charge in [-0.15, -0.1) is 0 Å². The molecule has 1 N–H and O–H groups in total. The first-order valence-corrected chi connectivity index (χ1v) is 10.4. The summed E-state index contributed by atoms with van der Waals surface area (Å²) >= 11 is 0. The van der Waals surface area contributed by atoms with E-state index in [9.17, 15) is 9.18 Å². The van der Waals surface area contributed by atoms with Gasteiger partial charge in [0.2, 0.25) is 5.89 Å². The molecule has 29 heavy (non-hydrogen) atoms. The average molecular weight is 402 g/mol. The lowest BCUT2D eigenvalue weighted by Crippen LogP contribution is -2.34. The molecule has 0 bridgehead atoms. The molecular weight excluding hydrogens is 375 g/mol. The Balaban J connectivity index is 1.30. The minimum atomic E-state index is -0.464. The molecule has 0 radical (unpaired) electrons. The molecule has 7 nitrogen and oxygen atoms in total. The Bertz CT molecular complexity index is 822. The summed E-state index contributed by atoms with van der Waals surface area (Å²) in [5.41, 5.74) is 0.161. The molecule has 1 aliphatic carbocycles. The molecule has 1 unspecified atom stereocenters. The van der Waals surface area contributed by atoms with E-state index in [0.717, 1.165) is 19.4 Å². The molecular formula is C21H27FN4O3. The van der Waals surface area contributed by atoms with Gasteiger partial charge in [-0.05, 0) is 43.7 Å². The predicted molar refractivity (Wildman–Crippen MR) is 105 cm³/mol. The Hall–Kier alpha value is -2.48. The summed E-state index contributed by atoms with van der Waals surface area (Å²) in [5, 5.41) is 6.67. The van der Waals surface area contributed by atoms with Gasteiger partial charge >= 0.3 is 6.03 Å². The van der Waals surface area contributed by atoms with Gasteiger partial charge < -0.3 is 19.5 Å². The second-order valence-corrected chi connectivity index (χ2v) is 7.79. The number of hydrogen-bond donors (Lipinski definition) is 1. The maximum absolute atomic E-state index is 13.8. The summed E-state index contributed by atoms with van der Waals surface area (Å²) in [6.45, 7) is 1.93. The molecule has 2 aliphatic rings. The number of rotatable bonds is 7. The lowest BCUT2D eigenvalue weighted by molar-refractivity contribution is 0.102. The number of para-hydroxylation sites is 1. The van der Waals surface area contributed by atoms with Crippen LogP contribution >= 0.6 is 0 Å². The lowest BCUT2D eigenvalue weighted by Gasteiger charge is -2.22. The van der Waals surface area contributed by atoms with Crippen molar-refractivity contribution in [3.05, 3.63) is 41.8 Å². The molecule has 0 spiro atoms. The van der Waals surface area contributed by atoms with E-state index >= 15 is 0 Å². The maximum atomic E-state index is 13.8. The van der Waals surface area contributed by atoms with E-state index in [4.69, 9.17) is 9.26 Å².